The average molecular weight is 276 g/mol. The predicted octanol–water partition coefficient (Wildman–Crippen LogP) is 2.06. The van der Waals surface area contributed by atoms with E-state index >= 15 is 0 Å². The second-order valence-corrected chi connectivity index (χ2v) is 5.70. The fourth-order valence-electron chi connectivity index (χ4n) is 2.34. The van der Waals surface area contributed by atoms with E-state index < -0.39 is 0 Å². The highest BCUT2D eigenvalue weighted by atomic mass is 16.5. The van der Waals surface area contributed by atoms with Crippen molar-refractivity contribution in [1.82, 2.24) is 5.32 Å². The highest BCUT2D eigenvalue weighted by Crippen LogP contribution is 2.24. The molecular weight excluding hydrogens is 252 g/mol. The summed E-state index contributed by atoms with van der Waals surface area (Å²) in [5.41, 5.74) is 2.37. The monoisotopic (exact) mass is 276 g/mol. The summed E-state index contributed by atoms with van der Waals surface area (Å²) in [4.78, 5) is 12.1. The summed E-state index contributed by atoms with van der Waals surface area (Å²) in [5.74, 6) is 0.653. The van der Waals surface area contributed by atoms with Crippen molar-refractivity contribution in [2.75, 3.05) is 31.6 Å². The van der Waals surface area contributed by atoms with Crippen LogP contribution in [0.4, 0.5) is 5.69 Å². The molecule has 2 rings (SSSR count). The molecule has 0 saturated carbocycles. The van der Waals surface area contributed by atoms with E-state index in [0.29, 0.717) is 25.6 Å². The van der Waals surface area contributed by atoms with E-state index in [-0.39, 0.29) is 11.8 Å². The highest BCUT2D eigenvalue weighted by Gasteiger charge is 2.23. The Kier molecular flexibility index (Phi) is 5.41. The van der Waals surface area contributed by atoms with Gasteiger partial charge in [0.15, 0.2) is 0 Å². The number of rotatable bonds is 6. The molecule has 20 heavy (non-hydrogen) atoms. The van der Waals surface area contributed by atoms with Crippen LogP contribution in [0.15, 0.2) is 24.3 Å². The van der Waals surface area contributed by atoms with Gasteiger partial charge >= 0.3 is 0 Å². The third-order valence-corrected chi connectivity index (χ3v) is 3.39. The summed E-state index contributed by atoms with van der Waals surface area (Å²) in [6.45, 7) is 6.85. The molecule has 1 aliphatic heterocycles. The van der Waals surface area contributed by atoms with Crippen LogP contribution in [0.5, 0.6) is 0 Å². The maximum absolute atomic E-state index is 12.1. The van der Waals surface area contributed by atoms with E-state index in [2.05, 4.69) is 36.6 Å². The van der Waals surface area contributed by atoms with E-state index in [1.165, 1.54) is 5.56 Å². The van der Waals surface area contributed by atoms with Crippen LogP contribution in [0.25, 0.3) is 0 Å². The molecule has 1 aromatic rings. The number of carbonyl (C=O) groups excluding carboxylic acids is 1. The third kappa shape index (κ3) is 4.23. The van der Waals surface area contributed by atoms with E-state index in [4.69, 9.17) is 4.74 Å². The van der Waals surface area contributed by atoms with Crippen LogP contribution < -0.4 is 10.6 Å². The van der Waals surface area contributed by atoms with Gasteiger partial charge in [0, 0.05) is 25.4 Å². The van der Waals surface area contributed by atoms with E-state index in [0.717, 1.165) is 18.7 Å². The lowest BCUT2D eigenvalue weighted by Gasteiger charge is -2.25. The summed E-state index contributed by atoms with van der Waals surface area (Å²) in [6.07, 6.45) is 0.807. The van der Waals surface area contributed by atoms with Crippen molar-refractivity contribution in [3.05, 3.63) is 29.8 Å². The average Bonchev–Trinajstić information content (AvgIpc) is 2.46. The lowest BCUT2D eigenvalue weighted by molar-refractivity contribution is -0.124. The van der Waals surface area contributed by atoms with Gasteiger partial charge < -0.3 is 15.4 Å². The smallest absolute Gasteiger partial charge is 0.225 e. The van der Waals surface area contributed by atoms with Crippen LogP contribution in [-0.4, -0.2) is 32.2 Å². The lowest BCUT2D eigenvalue weighted by Crippen LogP contribution is -2.39. The van der Waals surface area contributed by atoms with Crippen LogP contribution >= 0.6 is 0 Å². The minimum atomic E-state index is 0.00926. The molecule has 110 valence electrons. The second-order valence-electron chi connectivity index (χ2n) is 5.70. The van der Waals surface area contributed by atoms with Gasteiger partial charge in [-0.15, -0.1) is 0 Å². The first-order valence-electron chi connectivity index (χ1n) is 7.34. The summed E-state index contributed by atoms with van der Waals surface area (Å²) in [6, 6.07) is 8.16. The van der Waals surface area contributed by atoms with E-state index in [1.807, 2.05) is 12.1 Å². The Morgan fingerprint density at radius 3 is 3.05 bits per heavy atom. The number of fused-ring (bicyclic) bond motifs is 1. The number of nitrogens with one attached hydrogen (secondary N) is 2. The van der Waals surface area contributed by atoms with Crippen LogP contribution in [0.3, 0.4) is 0 Å². The molecule has 0 saturated heterocycles. The molecule has 1 amide bonds. The van der Waals surface area contributed by atoms with Crippen LogP contribution in [-0.2, 0) is 16.0 Å². The normalized spacial score (nSPS) is 17.4. The van der Waals surface area contributed by atoms with Gasteiger partial charge in [-0.3, -0.25) is 4.79 Å². The lowest BCUT2D eigenvalue weighted by atomic mass is 9.93. The van der Waals surface area contributed by atoms with Crippen molar-refractivity contribution in [3.8, 4) is 0 Å². The summed E-state index contributed by atoms with van der Waals surface area (Å²) in [7, 11) is 0. The maximum atomic E-state index is 12.1. The molecule has 0 aromatic heterocycles. The summed E-state index contributed by atoms with van der Waals surface area (Å²) < 4.78 is 5.46. The summed E-state index contributed by atoms with van der Waals surface area (Å²) >= 11 is 0. The Morgan fingerprint density at radius 2 is 2.25 bits per heavy atom. The van der Waals surface area contributed by atoms with Gasteiger partial charge in [-0.1, -0.05) is 32.0 Å². The van der Waals surface area contributed by atoms with Crippen molar-refractivity contribution < 1.29 is 9.53 Å². The number of amides is 1. The number of benzene rings is 1. The van der Waals surface area contributed by atoms with Gasteiger partial charge in [-0.05, 0) is 24.0 Å². The van der Waals surface area contributed by atoms with Gasteiger partial charge in [0.1, 0.15) is 0 Å². The zero-order valence-corrected chi connectivity index (χ0v) is 12.3. The Balaban J connectivity index is 1.72. The SMILES string of the molecule is CC(C)COCCNC(=O)C1CNc2ccccc2C1. The van der Waals surface area contributed by atoms with E-state index in [9.17, 15) is 4.79 Å². The predicted molar refractivity (Wildman–Crippen MR) is 80.8 cm³/mol. The van der Waals surface area contributed by atoms with Gasteiger partial charge in [0.25, 0.3) is 0 Å². The first kappa shape index (κ1) is 14.9. The number of anilines is 1. The number of hydrogen-bond acceptors (Lipinski definition) is 3. The van der Waals surface area contributed by atoms with Gasteiger partial charge in [0.05, 0.1) is 12.5 Å². The van der Waals surface area contributed by atoms with E-state index in [1.54, 1.807) is 0 Å². The standard InChI is InChI=1S/C16H24N2O2/c1-12(2)11-20-8-7-17-16(19)14-9-13-5-3-4-6-15(13)18-10-14/h3-6,12,14,18H,7-11H2,1-2H3,(H,17,19). The minimum absolute atomic E-state index is 0.00926. The molecule has 0 aliphatic carbocycles. The van der Waals surface area contributed by atoms with Gasteiger partial charge in [0.2, 0.25) is 5.91 Å². The fourth-order valence-corrected chi connectivity index (χ4v) is 2.34. The molecule has 0 radical (unpaired) electrons. The number of hydrogen-bond donors (Lipinski definition) is 2. The van der Waals surface area contributed by atoms with Crippen molar-refractivity contribution in [2.24, 2.45) is 11.8 Å². The Bertz CT molecular complexity index is 446. The van der Waals surface area contributed by atoms with Crippen molar-refractivity contribution >= 4 is 11.6 Å². The van der Waals surface area contributed by atoms with Crippen LogP contribution in [0.2, 0.25) is 0 Å². The highest BCUT2D eigenvalue weighted by molar-refractivity contribution is 5.80. The first-order chi connectivity index (χ1) is 9.66. The zero-order valence-electron chi connectivity index (χ0n) is 12.3. The number of ether oxygens (including phenoxy) is 1. The zero-order chi connectivity index (χ0) is 14.4. The second kappa shape index (κ2) is 7.29. The van der Waals surface area contributed by atoms with Gasteiger partial charge in [-0.25, -0.2) is 0 Å². The topological polar surface area (TPSA) is 50.4 Å². The molecule has 0 bridgehead atoms. The Morgan fingerprint density at radius 1 is 1.45 bits per heavy atom. The molecule has 0 spiro atoms. The summed E-state index contributed by atoms with van der Waals surface area (Å²) in [5, 5.41) is 6.27. The number of carbonyl (C=O) groups is 1. The molecule has 1 atom stereocenters. The van der Waals surface area contributed by atoms with Crippen molar-refractivity contribution in [1.29, 1.82) is 0 Å². The first-order valence-corrected chi connectivity index (χ1v) is 7.34. The van der Waals surface area contributed by atoms with Crippen molar-refractivity contribution in [2.45, 2.75) is 20.3 Å². The molecule has 2 N–H and O–H groups in total. The maximum Gasteiger partial charge on any atom is 0.225 e. The third-order valence-electron chi connectivity index (χ3n) is 3.39. The molecule has 1 aromatic carbocycles. The van der Waals surface area contributed by atoms with Gasteiger partial charge in [-0.2, -0.15) is 0 Å². The Labute approximate surface area is 120 Å². The van der Waals surface area contributed by atoms with Crippen molar-refractivity contribution in [3.63, 3.8) is 0 Å². The van der Waals surface area contributed by atoms with Crippen LogP contribution in [0, 0.1) is 11.8 Å². The molecule has 0 fully saturated rings. The molecule has 1 heterocycles. The molecule has 1 unspecified atom stereocenters. The quantitative estimate of drug-likeness (QED) is 0.782. The molecule has 4 heteroatoms. The number of para-hydroxylation sites is 1. The molecular formula is C16H24N2O2. The molecule has 1 aliphatic rings. The fraction of sp³-hybridized carbons (Fsp3) is 0.562. The molecule has 4 nitrogen and oxygen atoms in total. The minimum Gasteiger partial charge on any atom is -0.384 e. The largest absolute Gasteiger partial charge is 0.384 e. The van der Waals surface area contributed by atoms with Crippen LogP contribution in [0.1, 0.15) is 19.4 Å². The Hall–Kier alpha value is -1.55.